The number of nitrogens with one attached hydrogen (secondary N) is 2. The monoisotopic (exact) mass is 242 g/mol. The molecule has 1 atom stereocenters. The lowest BCUT2D eigenvalue weighted by Crippen LogP contribution is -2.47. The predicted octanol–water partition coefficient (Wildman–Crippen LogP) is 1.31. The molecule has 1 heterocycles. The number of amides is 1. The van der Waals surface area contributed by atoms with Crippen molar-refractivity contribution in [2.24, 2.45) is 5.92 Å². The first-order valence-corrected chi connectivity index (χ1v) is 6.79. The van der Waals surface area contributed by atoms with Crippen LogP contribution in [-0.4, -0.2) is 38.3 Å². The van der Waals surface area contributed by atoms with Gasteiger partial charge in [0.05, 0.1) is 12.6 Å². The first-order chi connectivity index (χ1) is 8.20. The van der Waals surface area contributed by atoms with Crippen molar-refractivity contribution in [2.45, 2.75) is 45.6 Å². The molecule has 4 heteroatoms. The number of hydrogen-bond acceptors (Lipinski definition) is 3. The molecule has 17 heavy (non-hydrogen) atoms. The van der Waals surface area contributed by atoms with Crippen molar-refractivity contribution in [2.75, 3.05) is 26.3 Å². The highest BCUT2D eigenvalue weighted by Gasteiger charge is 2.19. The third kappa shape index (κ3) is 6.64. The summed E-state index contributed by atoms with van der Waals surface area (Å²) in [6.45, 7) is 7.35. The molecule has 0 aliphatic carbocycles. The van der Waals surface area contributed by atoms with E-state index >= 15 is 0 Å². The van der Waals surface area contributed by atoms with Gasteiger partial charge in [-0.15, -0.1) is 0 Å². The van der Waals surface area contributed by atoms with Crippen molar-refractivity contribution in [3.05, 3.63) is 0 Å². The van der Waals surface area contributed by atoms with Crippen LogP contribution in [0.5, 0.6) is 0 Å². The number of ether oxygens (including phenoxy) is 1. The van der Waals surface area contributed by atoms with Crippen LogP contribution in [0.2, 0.25) is 0 Å². The molecule has 100 valence electrons. The highest BCUT2D eigenvalue weighted by atomic mass is 16.5. The fraction of sp³-hybridized carbons (Fsp3) is 0.923. The second kappa shape index (κ2) is 8.48. The highest BCUT2D eigenvalue weighted by Crippen LogP contribution is 2.06. The van der Waals surface area contributed by atoms with Gasteiger partial charge in [-0.2, -0.15) is 0 Å². The average Bonchev–Trinajstić information content (AvgIpc) is 2.34. The zero-order valence-electron chi connectivity index (χ0n) is 11.1. The number of carbonyl (C=O) groups is 1. The fourth-order valence-electron chi connectivity index (χ4n) is 1.87. The van der Waals surface area contributed by atoms with E-state index in [1.807, 2.05) is 0 Å². The SMILES string of the molecule is CC(C)CCOCCNC(=O)C1CCCCN1. The zero-order chi connectivity index (χ0) is 12.5. The second-order valence-corrected chi connectivity index (χ2v) is 5.09. The van der Waals surface area contributed by atoms with Gasteiger partial charge < -0.3 is 15.4 Å². The Hall–Kier alpha value is -0.610. The summed E-state index contributed by atoms with van der Waals surface area (Å²) >= 11 is 0. The lowest BCUT2D eigenvalue weighted by Gasteiger charge is -2.22. The molecule has 1 aliphatic rings. The van der Waals surface area contributed by atoms with Crippen molar-refractivity contribution >= 4 is 5.91 Å². The van der Waals surface area contributed by atoms with E-state index in [1.165, 1.54) is 6.42 Å². The summed E-state index contributed by atoms with van der Waals surface area (Å²) in [5.74, 6) is 0.799. The maximum atomic E-state index is 11.7. The van der Waals surface area contributed by atoms with Gasteiger partial charge in [0.1, 0.15) is 0 Å². The highest BCUT2D eigenvalue weighted by molar-refractivity contribution is 5.81. The molecule has 0 radical (unpaired) electrons. The topological polar surface area (TPSA) is 50.4 Å². The van der Waals surface area contributed by atoms with Crippen LogP contribution in [-0.2, 0) is 9.53 Å². The molecule has 0 spiro atoms. The molecule has 0 aromatic carbocycles. The van der Waals surface area contributed by atoms with Crippen molar-refractivity contribution in [3.63, 3.8) is 0 Å². The summed E-state index contributed by atoms with van der Waals surface area (Å²) in [4.78, 5) is 11.7. The van der Waals surface area contributed by atoms with Gasteiger partial charge in [0.15, 0.2) is 0 Å². The number of rotatable bonds is 7. The molecule has 1 fully saturated rings. The minimum absolute atomic E-state index is 0.0133. The zero-order valence-corrected chi connectivity index (χ0v) is 11.1. The van der Waals surface area contributed by atoms with Gasteiger partial charge in [0.2, 0.25) is 5.91 Å². The van der Waals surface area contributed by atoms with E-state index in [-0.39, 0.29) is 11.9 Å². The maximum absolute atomic E-state index is 11.7. The third-order valence-electron chi connectivity index (χ3n) is 3.01. The van der Waals surface area contributed by atoms with E-state index in [0.717, 1.165) is 32.4 Å². The Morgan fingerprint density at radius 2 is 2.24 bits per heavy atom. The largest absolute Gasteiger partial charge is 0.380 e. The van der Waals surface area contributed by atoms with E-state index < -0.39 is 0 Å². The van der Waals surface area contributed by atoms with E-state index in [2.05, 4.69) is 24.5 Å². The van der Waals surface area contributed by atoms with Gasteiger partial charge in [-0.3, -0.25) is 4.79 Å². The Labute approximate surface area is 104 Å². The summed E-state index contributed by atoms with van der Waals surface area (Å²) in [7, 11) is 0. The van der Waals surface area contributed by atoms with Gasteiger partial charge in [-0.05, 0) is 31.7 Å². The van der Waals surface area contributed by atoms with Gasteiger partial charge in [0, 0.05) is 13.2 Å². The second-order valence-electron chi connectivity index (χ2n) is 5.09. The molecule has 0 saturated carbocycles. The standard InChI is InChI=1S/C13H26N2O2/c1-11(2)6-9-17-10-8-15-13(16)12-5-3-4-7-14-12/h11-12,14H,3-10H2,1-2H3,(H,15,16). The molecule has 1 aliphatic heterocycles. The molecule has 0 aromatic heterocycles. The summed E-state index contributed by atoms with van der Waals surface area (Å²) in [5.41, 5.74) is 0. The van der Waals surface area contributed by atoms with Crippen LogP contribution < -0.4 is 10.6 Å². The van der Waals surface area contributed by atoms with E-state index in [0.29, 0.717) is 19.1 Å². The Kier molecular flexibility index (Phi) is 7.21. The van der Waals surface area contributed by atoms with Crippen LogP contribution in [0.1, 0.15) is 39.5 Å². The van der Waals surface area contributed by atoms with Crippen molar-refractivity contribution in [1.29, 1.82) is 0 Å². The van der Waals surface area contributed by atoms with E-state index in [9.17, 15) is 4.79 Å². The van der Waals surface area contributed by atoms with Gasteiger partial charge in [0.25, 0.3) is 0 Å². The molecule has 1 unspecified atom stereocenters. The minimum atomic E-state index is 0.0133. The van der Waals surface area contributed by atoms with Gasteiger partial charge in [-0.25, -0.2) is 0 Å². The smallest absolute Gasteiger partial charge is 0.237 e. The molecular formula is C13H26N2O2. The number of hydrogen-bond donors (Lipinski definition) is 2. The number of piperidine rings is 1. The Bertz CT molecular complexity index is 213. The molecular weight excluding hydrogens is 216 g/mol. The third-order valence-corrected chi connectivity index (χ3v) is 3.01. The molecule has 1 rings (SSSR count). The molecule has 2 N–H and O–H groups in total. The van der Waals surface area contributed by atoms with E-state index in [1.54, 1.807) is 0 Å². The molecule has 4 nitrogen and oxygen atoms in total. The van der Waals surface area contributed by atoms with Gasteiger partial charge >= 0.3 is 0 Å². The van der Waals surface area contributed by atoms with Crippen LogP contribution in [0.4, 0.5) is 0 Å². The average molecular weight is 242 g/mol. The van der Waals surface area contributed by atoms with Crippen LogP contribution in [0.15, 0.2) is 0 Å². The fourth-order valence-corrected chi connectivity index (χ4v) is 1.87. The van der Waals surface area contributed by atoms with Crippen LogP contribution >= 0.6 is 0 Å². The summed E-state index contributed by atoms with van der Waals surface area (Å²) in [6.07, 6.45) is 4.37. The molecule has 0 aromatic rings. The minimum Gasteiger partial charge on any atom is -0.380 e. The number of carbonyl (C=O) groups excluding carboxylic acids is 1. The van der Waals surface area contributed by atoms with Crippen molar-refractivity contribution in [3.8, 4) is 0 Å². The predicted molar refractivity (Wildman–Crippen MR) is 68.9 cm³/mol. The summed E-state index contributed by atoms with van der Waals surface area (Å²) in [5, 5.41) is 6.15. The Balaban J connectivity index is 1.96. The van der Waals surface area contributed by atoms with E-state index in [4.69, 9.17) is 4.74 Å². The summed E-state index contributed by atoms with van der Waals surface area (Å²) < 4.78 is 5.45. The summed E-state index contributed by atoms with van der Waals surface area (Å²) in [6, 6.07) is 0.0133. The van der Waals surface area contributed by atoms with Crippen LogP contribution in [0, 0.1) is 5.92 Å². The quantitative estimate of drug-likeness (QED) is 0.662. The van der Waals surface area contributed by atoms with Crippen molar-refractivity contribution in [1.82, 2.24) is 10.6 Å². The van der Waals surface area contributed by atoms with Crippen LogP contribution in [0.25, 0.3) is 0 Å². The maximum Gasteiger partial charge on any atom is 0.237 e. The Morgan fingerprint density at radius 1 is 1.41 bits per heavy atom. The normalized spacial score (nSPS) is 20.5. The first kappa shape index (κ1) is 14.5. The lowest BCUT2D eigenvalue weighted by molar-refractivity contribution is -0.123. The molecule has 0 bridgehead atoms. The van der Waals surface area contributed by atoms with Crippen LogP contribution in [0.3, 0.4) is 0 Å². The Morgan fingerprint density at radius 3 is 2.88 bits per heavy atom. The van der Waals surface area contributed by atoms with Gasteiger partial charge in [-0.1, -0.05) is 20.3 Å². The first-order valence-electron chi connectivity index (χ1n) is 6.79. The lowest BCUT2D eigenvalue weighted by atomic mass is 10.0. The van der Waals surface area contributed by atoms with Crippen molar-refractivity contribution < 1.29 is 9.53 Å². The molecule has 1 amide bonds. The molecule has 1 saturated heterocycles.